The summed E-state index contributed by atoms with van der Waals surface area (Å²) in [4.78, 5) is 2.35. The molecule has 0 spiro atoms. The van der Waals surface area contributed by atoms with Crippen LogP contribution in [0.4, 0.5) is 0 Å². The van der Waals surface area contributed by atoms with Gasteiger partial charge in [0, 0.05) is 6.04 Å². The lowest BCUT2D eigenvalue weighted by molar-refractivity contribution is 0.226. The summed E-state index contributed by atoms with van der Waals surface area (Å²) in [5.74, 6) is 1.93. The average molecular weight is 155 g/mol. The molecule has 0 aliphatic heterocycles. The van der Waals surface area contributed by atoms with Crippen LogP contribution in [0.5, 0.6) is 0 Å². The SMILES string of the molecule is CC1CC[C@H]([C@H](C)N(C)C)C1. The highest BCUT2D eigenvalue weighted by molar-refractivity contribution is 4.80. The Labute approximate surface area is 70.8 Å². The van der Waals surface area contributed by atoms with Crippen LogP contribution < -0.4 is 0 Å². The van der Waals surface area contributed by atoms with E-state index in [4.69, 9.17) is 0 Å². The van der Waals surface area contributed by atoms with Gasteiger partial charge in [0.1, 0.15) is 0 Å². The highest BCUT2D eigenvalue weighted by atomic mass is 15.1. The van der Waals surface area contributed by atoms with Gasteiger partial charge >= 0.3 is 0 Å². The monoisotopic (exact) mass is 155 g/mol. The van der Waals surface area contributed by atoms with Crippen LogP contribution >= 0.6 is 0 Å². The molecule has 3 atom stereocenters. The molecule has 1 unspecified atom stereocenters. The molecule has 1 aliphatic rings. The second-order valence-corrected chi connectivity index (χ2v) is 4.38. The van der Waals surface area contributed by atoms with Crippen molar-refractivity contribution in [2.75, 3.05) is 14.1 Å². The average Bonchev–Trinajstić information content (AvgIpc) is 2.34. The fourth-order valence-electron chi connectivity index (χ4n) is 2.11. The second kappa shape index (κ2) is 3.57. The Hall–Kier alpha value is -0.0400. The fourth-order valence-corrected chi connectivity index (χ4v) is 2.11. The van der Waals surface area contributed by atoms with Crippen LogP contribution in [0.1, 0.15) is 33.1 Å². The second-order valence-electron chi connectivity index (χ2n) is 4.38. The smallest absolute Gasteiger partial charge is 0.00892 e. The quantitative estimate of drug-likeness (QED) is 0.592. The zero-order valence-electron chi connectivity index (χ0n) is 8.30. The van der Waals surface area contributed by atoms with E-state index in [-0.39, 0.29) is 0 Å². The summed E-state index contributed by atoms with van der Waals surface area (Å²) in [7, 11) is 4.38. The molecule has 1 aliphatic carbocycles. The Balaban J connectivity index is 2.36. The van der Waals surface area contributed by atoms with E-state index in [9.17, 15) is 0 Å². The van der Waals surface area contributed by atoms with E-state index in [1.807, 2.05) is 0 Å². The Bertz CT molecular complexity index is 120. The molecule has 66 valence electrons. The maximum atomic E-state index is 2.38. The van der Waals surface area contributed by atoms with E-state index >= 15 is 0 Å². The summed E-state index contributed by atoms with van der Waals surface area (Å²) >= 11 is 0. The summed E-state index contributed by atoms with van der Waals surface area (Å²) in [6, 6.07) is 0.778. The highest BCUT2D eigenvalue weighted by Gasteiger charge is 2.26. The number of hydrogen-bond donors (Lipinski definition) is 0. The van der Waals surface area contributed by atoms with E-state index in [2.05, 4.69) is 32.8 Å². The maximum absolute atomic E-state index is 2.38. The van der Waals surface area contributed by atoms with Gasteiger partial charge in [-0.05, 0) is 45.7 Å². The normalized spacial score (nSPS) is 34.6. The predicted molar refractivity (Wildman–Crippen MR) is 49.7 cm³/mol. The van der Waals surface area contributed by atoms with Crippen molar-refractivity contribution < 1.29 is 0 Å². The van der Waals surface area contributed by atoms with Crippen LogP contribution in [0.3, 0.4) is 0 Å². The predicted octanol–water partition coefficient (Wildman–Crippen LogP) is 2.37. The van der Waals surface area contributed by atoms with Crippen molar-refractivity contribution >= 4 is 0 Å². The molecule has 0 N–H and O–H groups in total. The molecule has 0 aromatic rings. The summed E-state index contributed by atoms with van der Waals surface area (Å²) in [6.45, 7) is 4.73. The Morgan fingerprint density at radius 1 is 1.27 bits per heavy atom. The van der Waals surface area contributed by atoms with Crippen LogP contribution in [0.15, 0.2) is 0 Å². The van der Waals surface area contributed by atoms with E-state index in [1.54, 1.807) is 0 Å². The van der Waals surface area contributed by atoms with E-state index < -0.39 is 0 Å². The molecule has 1 rings (SSSR count). The Morgan fingerprint density at radius 2 is 1.91 bits per heavy atom. The molecule has 1 nitrogen and oxygen atoms in total. The number of nitrogens with zero attached hydrogens (tertiary/aromatic N) is 1. The third-order valence-corrected chi connectivity index (χ3v) is 3.23. The molecule has 1 saturated carbocycles. The minimum Gasteiger partial charge on any atom is -0.306 e. The fraction of sp³-hybridized carbons (Fsp3) is 1.00. The van der Waals surface area contributed by atoms with Gasteiger partial charge in [-0.1, -0.05) is 13.3 Å². The van der Waals surface area contributed by atoms with Gasteiger partial charge in [0.05, 0.1) is 0 Å². The Kier molecular flexibility index (Phi) is 2.94. The van der Waals surface area contributed by atoms with Crippen LogP contribution in [0, 0.1) is 11.8 Å². The summed E-state index contributed by atoms with van der Waals surface area (Å²) in [5, 5.41) is 0. The molecule has 0 saturated heterocycles. The van der Waals surface area contributed by atoms with Gasteiger partial charge in [0.2, 0.25) is 0 Å². The van der Waals surface area contributed by atoms with Crippen molar-refractivity contribution in [3.63, 3.8) is 0 Å². The number of rotatable bonds is 2. The minimum absolute atomic E-state index is 0.778. The maximum Gasteiger partial charge on any atom is 0.00892 e. The van der Waals surface area contributed by atoms with Gasteiger partial charge < -0.3 is 4.90 Å². The molecule has 1 heteroatoms. The Morgan fingerprint density at radius 3 is 2.27 bits per heavy atom. The molecule has 0 aromatic carbocycles. The van der Waals surface area contributed by atoms with E-state index in [0.29, 0.717) is 0 Å². The lowest BCUT2D eigenvalue weighted by Gasteiger charge is -2.25. The van der Waals surface area contributed by atoms with Crippen molar-refractivity contribution in [3.8, 4) is 0 Å². The number of hydrogen-bond acceptors (Lipinski definition) is 1. The van der Waals surface area contributed by atoms with Crippen molar-refractivity contribution in [1.29, 1.82) is 0 Å². The first kappa shape index (κ1) is 9.05. The molecule has 0 radical (unpaired) electrons. The molecule has 0 bridgehead atoms. The van der Waals surface area contributed by atoms with Crippen molar-refractivity contribution in [1.82, 2.24) is 4.90 Å². The van der Waals surface area contributed by atoms with Gasteiger partial charge in [0.25, 0.3) is 0 Å². The van der Waals surface area contributed by atoms with Crippen molar-refractivity contribution in [2.24, 2.45) is 11.8 Å². The first-order valence-corrected chi connectivity index (χ1v) is 4.77. The van der Waals surface area contributed by atoms with Crippen LogP contribution in [0.2, 0.25) is 0 Å². The van der Waals surface area contributed by atoms with Crippen LogP contribution in [-0.4, -0.2) is 25.0 Å². The van der Waals surface area contributed by atoms with Gasteiger partial charge in [-0.2, -0.15) is 0 Å². The van der Waals surface area contributed by atoms with E-state index in [0.717, 1.165) is 17.9 Å². The van der Waals surface area contributed by atoms with E-state index in [1.165, 1.54) is 19.3 Å². The van der Waals surface area contributed by atoms with Gasteiger partial charge in [-0.25, -0.2) is 0 Å². The summed E-state index contributed by atoms with van der Waals surface area (Å²) in [5.41, 5.74) is 0. The van der Waals surface area contributed by atoms with Gasteiger partial charge in [-0.15, -0.1) is 0 Å². The first-order valence-electron chi connectivity index (χ1n) is 4.77. The third kappa shape index (κ3) is 2.19. The standard InChI is InChI=1S/C10H21N/c1-8-5-6-10(7-8)9(2)11(3)4/h8-10H,5-7H2,1-4H3/t8?,9-,10-/m0/s1. The third-order valence-electron chi connectivity index (χ3n) is 3.23. The molecule has 0 heterocycles. The molecular formula is C10H21N. The summed E-state index contributed by atoms with van der Waals surface area (Å²) < 4.78 is 0. The lowest BCUT2D eigenvalue weighted by atomic mass is 9.98. The van der Waals surface area contributed by atoms with Crippen molar-refractivity contribution in [3.05, 3.63) is 0 Å². The van der Waals surface area contributed by atoms with Gasteiger partial charge in [-0.3, -0.25) is 0 Å². The largest absolute Gasteiger partial charge is 0.306 e. The molecule has 0 aromatic heterocycles. The molecule has 0 amide bonds. The molecule has 1 fully saturated rings. The first-order chi connectivity index (χ1) is 5.11. The van der Waals surface area contributed by atoms with Crippen molar-refractivity contribution in [2.45, 2.75) is 39.2 Å². The molecule has 11 heavy (non-hydrogen) atoms. The summed E-state index contributed by atoms with van der Waals surface area (Å²) in [6.07, 6.45) is 4.34. The van der Waals surface area contributed by atoms with Gasteiger partial charge in [0.15, 0.2) is 0 Å². The highest BCUT2D eigenvalue weighted by Crippen LogP contribution is 2.33. The zero-order valence-corrected chi connectivity index (χ0v) is 8.30. The topological polar surface area (TPSA) is 3.24 Å². The lowest BCUT2D eigenvalue weighted by Crippen LogP contribution is -2.31. The molecular weight excluding hydrogens is 134 g/mol. The van der Waals surface area contributed by atoms with Crippen LogP contribution in [-0.2, 0) is 0 Å². The zero-order chi connectivity index (χ0) is 8.43. The van der Waals surface area contributed by atoms with Crippen LogP contribution in [0.25, 0.3) is 0 Å². The minimum atomic E-state index is 0.778.